The largest absolute Gasteiger partial charge is 0.506 e. The standard InChI is InChI=1S/C13H11ClF3N3O2/c1-7-11(14)12(13(15,16)17)19-20(7)6-10(22)18-8-4-2-3-5-9(8)21/h2-5,21H,6H2,1H3,(H,18,22). The molecular weight excluding hydrogens is 323 g/mol. The molecule has 1 amide bonds. The minimum Gasteiger partial charge on any atom is -0.506 e. The third-order valence-electron chi connectivity index (χ3n) is 2.87. The molecule has 9 heteroatoms. The summed E-state index contributed by atoms with van der Waals surface area (Å²) in [5.74, 6) is -0.792. The van der Waals surface area contributed by atoms with Crippen molar-refractivity contribution in [2.24, 2.45) is 0 Å². The highest BCUT2D eigenvalue weighted by atomic mass is 35.5. The predicted octanol–water partition coefficient (Wildman–Crippen LogP) is 3.21. The van der Waals surface area contributed by atoms with Gasteiger partial charge >= 0.3 is 6.18 Å². The zero-order valence-corrected chi connectivity index (χ0v) is 12.0. The van der Waals surface area contributed by atoms with Crippen LogP contribution < -0.4 is 5.32 Å². The summed E-state index contributed by atoms with van der Waals surface area (Å²) in [7, 11) is 0. The summed E-state index contributed by atoms with van der Waals surface area (Å²) >= 11 is 5.59. The topological polar surface area (TPSA) is 67.2 Å². The van der Waals surface area contributed by atoms with E-state index in [9.17, 15) is 23.1 Å². The number of rotatable bonds is 3. The van der Waals surface area contributed by atoms with Crippen LogP contribution in [0.2, 0.25) is 5.02 Å². The Morgan fingerprint density at radius 1 is 1.41 bits per heavy atom. The number of carbonyl (C=O) groups is 1. The molecule has 0 aliphatic rings. The summed E-state index contributed by atoms with van der Waals surface area (Å²) in [5, 5.41) is 14.7. The molecule has 0 fully saturated rings. The maximum absolute atomic E-state index is 12.7. The van der Waals surface area contributed by atoms with Gasteiger partial charge in [0.15, 0.2) is 5.69 Å². The molecule has 22 heavy (non-hydrogen) atoms. The van der Waals surface area contributed by atoms with Crippen molar-refractivity contribution in [1.82, 2.24) is 9.78 Å². The van der Waals surface area contributed by atoms with Crippen LogP contribution in [0.25, 0.3) is 0 Å². The lowest BCUT2D eigenvalue weighted by molar-refractivity contribution is -0.141. The van der Waals surface area contributed by atoms with Gasteiger partial charge in [0.2, 0.25) is 5.91 Å². The SMILES string of the molecule is Cc1c(Cl)c(C(F)(F)F)nn1CC(=O)Nc1ccccc1O. The fourth-order valence-electron chi connectivity index (χ4n) is 1.76. The molecule has 0 spiro atoms. The Bertz CT molecular complexity index is 713. The van der Waals surface area contributed by atoms with E-state index in [2.05, 4.69) is 10.4 Å². The molecule has 0 radical (unpaired) electrons. The molecule has 1 heterocycles. The fourth-order valence-corrected chi connectivity index (χ4v) is 2.01. The molecule has 0 atom stereocenters. The van der Waals surface area contributed by atoms with Crippen LogP contribution >= 0.6 is 11.6 Å². The number of aromatic nitrogens is 2. The lowest BCUT2D eigenvalue weighted by Gasteiger charge is -2.08. The second-order valence-electron chi connectivity index (χ2n) is 4.47. The minimum atomic E-state index is -4.69. The molecule has 0 saturated carbocycles. The number of benzene rings is 1. The number of halogens is 4. The Hall–Kier alpha value is -2.22. The van der Waals surface area contributed by atoms with Crippen LogP contribution in [0.3, 0.4) is 0 Å². The van der Waals surface area contributed by atoms with Gasteiger partial charge in [-0.25, -0.2) is 0 Å². The second kappa shape index (κ2) is 5.88. The number of para-hydroxylation sites is 2. The Kier molecular flexibility index (Phi) is 4.32. The molecule has 118 valence electrons. The zero-order chi connectivity index (χ0) is 16.5. The fraction of sp³-hybridized carbons (Fsp3) is 0.231. The van der Waals surface area contributed by atoms with Crippen LogP contribution in [-0.2, 0) is 17.5 Å². The van der Waals surface area contributed by atoms with Crippen molar-refractivity contribution in [3.8, 4) is 5.75 Å². The van der Waals surface area contributed by atoms with Crippen molar-refractivity contribution in [2.75, 3.05) is 5.32 Å². The van der Waals surface area contributed by atoms with E-state index in [0.717, 1.165) is 4.68 Å². The number of amides is 1. The van der Waals surface area contributed by atoms with Crippen LogP contribution in [-0.4, -0.2) is 20.8 Å². The normalized spacial score (nSPS) is 11.5. The Morgan fingerprint density at radius 3 is 2.59 bits per heavy atom. The van der Waals surface area contributed by atoms with Crippen LogP contribution in [0, 0.1) is 6.92 Å². The molecule has 0 bridgehead atoms. The molecule has 0 aliphatic carbocycles. The molecule has 2 aromatic rings. The Balaban J connectivity index is 2.18. The van der Waals surface area contributed by atoms with Gasteiger partial charge in [0.1, 0.15) is 12.3 Å². The van der Waals surface area contributed by atoms with Crippen molar-refractivity contribution in [3.63, 3.8) is 0 Å². The summed E-state index contributed by atoms with van der Waals surface area (Å²) in [6.07, 6.45) is -4.69. The number of hydrogen-bond acceptors (Lipinski definition) is 3. The molecular formula is C13H11ClF3N3O2. The molecule has 5 nitrogen and oxygen atoms in total. The van der Waals surface area contributed by atoms with Crippen LogP contribution in [0.5, 0.6) is 5.75 Å². The number of alkyl halides is 3. The van der Waals surface area contributed by atoms with E-state index < -0.39 is 29.3 Å². The lowest BCUT2D eigenvalue weighted by atomic mass is 10.3. The lowest BCUT2D eigenvalue weighted by Crippen LogP contribution is -2.20. The molecule has 0 saturated heterocycles. The highest BCUT2D eigenvalue weighted by molar-refractivity contribution is 6.32. The minimum absolute atomic E-state index is 0.0291. The maximum atomic E-state index is 12.7. The predicted molar refractivity (Wildman–Crippen MR) is 73.7 cm³/mol. The Labute approximate surface area is 128 Å². The van der Waals surface area contributed by atoms with E-state index in [-0.39, 0.29) is 17.1 Å². The monoisotopic (exact) mass is 333 g/mol. The van der Waals surface area contributed by atoms with Gasteiger partial charge in [-0.3, -0.25) is 9.48 Å². The summed E-state index contributed by atoms with van der Waals surface area (Å²) in [6, 6.07) is 5.98. The first kappa shape index (κ1) is 16.2. The van der Waals surface area contributed by atoms with E-state index in [1.807, 2.05) is 0 Å². The zero-order valence-electron chi connectivity index (χ0n) is 11.3. The molecule has 1 aromatic heterocycles. The maximum Gasteiger partial charge on any atom is 0.436 e. The number of phenolic OH excluding ortho intramolecular Hbond substituents is 1. The highest BCUT2D eigenvalue weighted by Crippen LogP contribution is 2.35. The van der Waals surface area contributed by atoms with Gasteiger partial charge < -0.3 is 10.4 Å². The van der Waals surface area contributed by atoms with Crippen molar-refractivity contribution >= 4 is 23.2 Å². The number of phenols is 1. The Morgan fingerprint density at radius 2 is 2.05 bits per heavy atom. The number of nitrogens with one attached hydrogen (secondary N) is 1. The van der Waals surface area contributed by atoms with Gasteiger partial charge in [0.25, 0.3) is 0 Å². The molecule has 2 N–H and O–H groups in total. The summed E-state index contributed by atoms with van der Waals surface area (Å²) < 4.78 is 38.9. The quantitative estimate of drug-likeness (QED) is 0.848. The van der Waals surface area contributed by atoms with Crippen LogP contribution in [0.15, 0.2) is 24.3 Å². The van der Waals surface area contributed by atoms with E-state index in [0.29, 0.717) is 0 Å². The first-order valence-electron chi connectivity index (χ1n) is 6.08. The number of nitrogens with zero attached hydrogens (tertiary/aromatic N) is 2. The third kappa shape index (κ3) is 3.33. The highest BCUT2D eigenvalue weighted by Gasteiger charge is 2.38. The molecule has 2 rings (SSSR count). The third-order valence-corrected chi connectivity index (χ3v) is 3.33. The number of anilines is 1. The van der Waals surface area contributed by atoms with E-state index in [4.69, 9.17) is 11.6 Å². The van der Waals surface area contributed by atoms with Crippen molar-refractivity contribution < 1.29 is 23.1 Å². The second-order valence-corrected chi connectivity index (χ2v) is 4.85. The smallest absolute Gasteiger partial charge is 0.436 e. The molecule has 0 unspecified atom stereocenters. The van der Waals surface area contributed by atoms with Gasteiger partial charge in [0.05, 0.1) is 16.4 Å². The van der Waals surface area contributed by atoms with E-state index >= 15 is 0 Å². The number of aromatic hydroxyl groups is 1. The van der Waals surface area contributed by atoms with Crippen molar-refractivity contribution in [3.05, 3.63) is 40.7 Å². The van der Waals surface area contributed by atoms with E-state index in [1.165, 1.54) is 19.1 Å². The van der Waals surface area contributed by atoms with Gasteiger partial charge in [-0.1, -0.05) is 23.7 Å². The average Bonchev–Trinajstić information content (AvgIpc) is 2.69. The summed E-state index contributed by atoms with van der Waals surface area (Å²) in [5.41, 5.74) is -1.05. The van der Waals surface area contributed by atoms with Gasteiger partial charge in [-0.15, -0.1) is 0 Å². The van der Waals surface area contributed by atoms with Gasteiger partial charge in [-0.05, 0) is 19.1 Å². The van der Waals surface area contributed by atoms with Gasteiger partial charge in [-0.2, -0.15) is 18.3 Å². The molecule has 1 aromatic carbocycles. The first-order chi connectivity index (χ1) is 10.2. The summed E-state index contributed by atoms with van der Waals surface area (Å²) in [4.78, 5) is 11.8. The molecule has 0 aliphatic heterocycles. The average molecular weight is 334 g/mol. The van der Waals surface area contributed by atoms with Crippen LogP contribution in [0.1, 0.15) is 11.4 Å². The van der Waals surface area contributed by atoms with Gasteiger partial charge in [0, 0.05) is 0 Å². The summed E-state index contributed by atoms with van der Waals surface area (Å²) in [6.45, 7) is 0.869. The van der Waals surface area contributed by atoms with E-state index in [1.54, 1.807) is 12.1 Å². The van der Waals surface area contributed by atoms with Crippen molar-refractivity contribution in [1.29, 1.82) is 0 Å². The first-order valence-corrected chi connectivity index (χ1v) is 6.46. The number of hydrogen-bond donors (Lipinski definition) is 2. The van der Waals surface area contributed by atoms with Crippen molar-refractivity contribution in [2.45, 2.75) is 19.6 Å². The number of carbonyl (C=O) groups excluding carboxylic acids is 1. The van der Waals surface area contributed by atoms with Crippen LogP contribution in [0.4, 0.5) is 18.9 Å².